The normalized spacial score (nSPS) is 10.8. The van der Waals surface area contributed by atoms with Crippen molar-refractivity contribution in [3.63, 3.8) is 0 Å². The number of hydrogen-bond acceptors (Lipinski definition) is 3. The van der Waals surface area contributed by atoms with Crippen molar-refractivity contribution in [2.75, 3.05) is 13.2 Å². The fourth-order valence-corrected chi connectivity index (χ4v) is 1.66. The summed E-state index contributed by atoms with van der Waals surface area (Å²) in [5, 5.41) is 12.1. The number of hydrogen-bond donors (Lipinski definition) is 2. The Morgan fingerprint density at radius 2 is 2.00 bits per heavy atom. The van der Waals surface area contributed by atoms with E-state index in [-0.39, 0.29) is 12.5 Å². The van der Waals surface area contributed by atoms with Gasteiger partial charge in [-0.2, -0.15) is 0 Å². The SMILES string of the molecule is CC(C)OCCNCc1ccccc1CC(=O)O. The second-order valence-electron chi connectivity index (χ2n) is 4.44. The van der Waals surface area contributed by atoms with Crippen LogP contribution in [0.15, 0.2) is 24.3 Å². The monoisotopic (exact) mass is 251 g/mol. The van der Waals surface area contributed by atoms with Crippen LogP contribution in [0.5, 0.6) is 0 Å². The minimum absolute atomic E-state index is 0.0698. The lowest BCUT2D eigenvalue weighted by atomic mass is 10.0. The van der Waals surface area contributed by atoms with Gasteiger partial charge >= 0.3 is 5.97 Å². The third-order valence-electron chi connectivity index (χ3n) is 2.51. The fourth-order valence-electron chi connectivity index (χ4n) is 1.66. The molecule has 0 unspecified atom stereocenters. The zero-order valence-electron chi connectivity index (χ0n) is 11.0. The molecule has 2 N–H and O–H groups in total. The molecule has 1 aromatic rings. The van der Waals surface area contributed by atoms with E-state index in [2.05, 4.69) is 5.32 Å². The van der Waals surface area contributed by atoms with Gasteiger partial charge in [-0.05, 0) is 25.0 Å². The minimum Gasteiger partial charge on any atom is -0.481 e. The third kappa shape index (κ3) is 5.80. The maximum Gasteiger partial charge on any atom is 0.307 e. The molecule has 1 aromatic carbocycles. The highest BCUT2D eigenvalue weighted by Gasteiger charge is 2.05. The minimum atomic E-state index is -0.800. The summed E-state index contributed by atoms with van der Waals surface area (Å²) in [6.07, 6.45) is 0.312. The van der Waals surface area contributed by atoms with Crippen molar-refractivity contribution < 1.29 is 14.6 Å². The number of carboxylic acid groups (broad SMARTS) is 1. The van der Waals surface area contributed by atoms with Gasteiger partial charge in [-0.3, -0.25) is 4.79 Å². The predicted molar refractivity (Wildman–Crippen MR) is 70.6 cm³/mol. The summed E-state index contributed by atoms with van der Waals surface area (Å²) in [5.41, 5.74) is 1.90. The molecule has 100 valence electrons. The van der Waals surface area contributed by atoms with Gasteiger partial charge in [0.1, 0.15) is 0 Å². The Labute approximate surface area is 108 Å². The molecule has 0 fully saturated rings. The largest absolute Gasteiger partial charge is 0.481 e. The number of carbonyl (C=O) groups is 1. The summed E-state index contributed by atoms with van der Waals surface area (Å²) in [5.74, 6) is -0.800. The van der Waals surface area contributed by atoms with E-state index < -0.39 is 5.97 Å². The highest BCUT2D eigenvalue weighted by Crippen LogP contribution is 2.09. The Morgan fingerprint density at radius 1 is 1.33 bits per heavy atom. The summed E-state index contributed by atoms with van der Waals surface area (Å²) in [6.45, 7) is 6.10. The summed E-state index contributed by atoms with van der Waals surface area (Å²) in [4.78, 5) is 10.7. The molecule has 0 heterocycles. The molecule has 0 radical (unpaired) electrons. The van der Waals surface area contributed by atoms with Crippen LogP contribution >= 0.6 is 0 Å². The maximum atomic E-state index is 10.7. The van der Waals surface area contributed by atoms with E-state index in [4.69, 9.17) is 9.84 Å². The quantitative estimate of drug-likeness (QED) is 0.692. The lowest BCUT2D eigenvalue weighted by Gasteiger charge is -2.10. The van der Waals surface area contributed by atoms with Gasteiger partial charge in [0.25, 0.3) is 0 Å². The van der Waals surface area contributed by atoms with Gasteiger partial charge in [-0.15, -0.1) is 0 Å². The average Bonchev–Trinajstić information content (AvgIpc) is 2.29. The van der Waals surface area contributed by atoms with Gasteiger partial charge in [-0.1, -0.05) is 24.3 Å². The third-order valence-corrected chi connectivity index (χ3v) is 2.51. The molecule has 0 saturated heterocycles. The van der Waals surface area contributed by atoms with E-state index in [1.807, 2.05) is 38.1 Å². The molecule has 4 nitrogen and oxygen atoms in total. The van der Waals surface area contributed by atoms with Crippen LogP contribution in [0.1, 0.15) is 25.0 Å². The summed E-state index contributed by atoms with van der Waals surface area (Å²) >= 11 is 0. The molecule has 0 aliphatic heterocycles. The Kier molecular flexibility index (Phi) is 6.39. The number of nitrogens with one attached hydrogen (secondary N) is 1. The Bertz CT molecular complexity index is 377. The molecule has 0 atom stereocenters. The highest BCUT2D eigenvalue weighted by atomic mass is 16.5. The summed E-state index contributed by atoms with van der Waals surface area (Å²) in [6, 6.07) is 7.60. The zero-order valence-corrected chi connectivity index (χ0v) is 11.0. The van der Waals surface area contributed by atoms with Gasteiger partial charge in [0.15, 0.2) is 0 Å². The van der Waals surface area contributed by atoms with Crippen LogP contribution in [0.4, 0.5) is 0 Å². The maximum absolute atomic E-state index is 10.7. The second kappa shape index (κ2) is 7.84. The van der Waals surface area contributed by atoms with E-state index in [0.29, 0.717) is 13.2 Å². The van der Waals surface area contributed by atoms with Crippen molar-refractivity contribution in [2.45, 2.75) is 32.9 Å². The van der Waals surface area contributed by atoms with E-state index in [0.717, 1.165) is 17.7 Å². The van der Waals surface area contributed by atoms with E-state index >= 15 is 0 Å². The van der Waals surface area contributed by atoms with Crippen molar-refractivity contribution in [1.29, 1.82) is 0 Å². The van der Waals surface area contributed by atoms with Gasteiger partial charge < -0.3 is 15.2 Å². The first-order valence-electron chi connectivity index (χ1n) is 6.20. The first-order valence-corrected chi connectivity index (χ1v) is 6.20. The summed E-state index contributed by atoms with van der Waals surface area (Å²) in [7, 11) is 0. The van der Waals surface area contributed by atoms with Crippen molar-refractivity contribution >= 4 is 5.97 Å². The van der Waals surface area contributed by atoms with E-state index in [1.165, 1.54) is 0 Å². The Balaban J connectivity index is 2.39. The topological polar surface area (TPSA) is 58.6 Å². The molecular formula is C14H21NO3. The molecule has 0 spiro atoms. The second-order valence-corrected chi connectivity index (χ2v) is 4.44. The first kappa shape index (κ1) is 14.7. The van der Waals surface area contributed by atoms with Gasteiger partial charge in [-0.25, -0.2) is 0 Å². The van der Waals surface area contributed by atoms with Gasteiger partial charge in [0.2, 0.25) is 0 Å². The smallest absolute Gasteiger partial charge is 0.307 e. The molecule has 0 aromatic heterocycles. The van der Waals surface area contributed by atoms with Crippen LogP contribution in [0, 0.1) is 0 Å². The molecule has 0 amide bonds. The fraction of sp³-hybridized carbons (Fsp3) is 0.500. The van der Waals surface area contributed by atoms with Crippen molar-refractivity contribution in [3.8, 4) is 0 Å². The van der Waals surface area contributed by atoms with E-state index in [9.17, 15) is 4.79 Å². The van der Waals surface area contributed by atoms with Crippen LogP contribution in [-0.4, -0.2) is 30.3 Å². The number of rotatable bonds is 8. The lowest BCUT2D eigenvalue weighted by molar-refractivity contribution is -0.136. The molecule has 0 aliphatic rings. The molecule has 18 heavy (non-hydrogen) atoms. The molecule has 1 rings (SSSR count). The summed E-state index contributed by atoms with van der Waals surface area (Å²) < 4.78 is 5.42. The average molecular weight is 251 g/mol. The number of aliphatic carboxylic acids is 1. The van der Waals surface area contributed by atoms with Crippen LogP contribution in [-0.2, 0) is 22.5 Å². The zero-order chi connectivity index (χ0) is 13.4. The Hall–Kier alpha value is -1.39. The number of ether oxygens (including phenoxy) is 1. The molecular weight excluding hydrogens is 230 g/mol. The number of carboxylic acids is 1. The predicted octanol–water partition coefficient (Wildman–Crippen LogP) is 1.83. The number of benzene rings is 1. The van der Waals surface area contributed by atoms with Crippen molar-refractivity contribution in [1.82, 2.24) is 5.32 Å². The molecule has 4 heteroatoms. The van der Waals surface area contributed by atoms with Crippen LogP contribution in [0.25, 0.3) is 0 Å². The Morgan fingerprint density at radius 3 is 2.61 bits per heavy atom. The van der Waals surface area contributed by atoms with Crippen LogP contribution in [0.2, 0.25) is 0 Å². The highest BCUT2D eigenvalue weighted by molar-refractivity contribution is 5.70. The standard InChI is InChI=1S/C14H21NO3/c1-11(2)18-8-7-15-10-13-6-4-3-5-12(13)9-14(16)17/h3-6,11,15H,7-10H2,1-2H3,(H,16,17). The van der Waals surface area contributed by atoms with Gasteiger partial charge in [0, 0.05) is 13.1 Å². The van der Waals surface area contributed by atoms with Crippen LogP contribution in [0.3, 0.4) is 0 Å². The molecule has 0 saturated carbocycles. The van der Waals surface area contributed by atoms with Crippen LogP contribution < -0.4 is 5.32 Å². The molecule has 0 bridgehead atoms. The van der Waals surface area contributed by atoms with Crippen molar-refractivity contribution in [3.05, 3.63) is 35.4 Å². The van der Waals surface area contributed by atoms with Gasteiger partial charge in [0.05, 0.1) is 19.1 Å². The molecule has 0 aliphatic carbocycles. The van der Waals surface area contributed by atoms with Crippen molar-refractivity contribution in [2.24, 2.45) is 0 Å². The van der Waals surface area contributed by atoms with E-state index in [1.54, 1.807) is 0 Å². The first-order chi connectivity index (χ1) is 8.59. The lowest BCUT2D eigenvalue weighted by Crippen LogP contribution is -2.21.